The average molecular weight is 390 g/mol. The summed E-state index contributed by atoms with van der Waals surface area (Å²) in [6, 6.07) is 1.34. The van der Waals surface area contributed by atoms with Crippen LogP contribution in [0.25, 0.3) is 0 Å². The minimum Gasteiger partial charge on any atom is -0.460 e. The molecule has 0 amide bonds. The van der Waals surface area contributed by atoms with E-state index in [0.717, 1.165) is 6.20 Å². The highest BCUT2D eigenvalue weighted by atomic mass is 19.3. The van der Waals surface area contributed by atoms with Crippen molar-refractivity contribution in [1.82, 2.24) is 9.55 Å². The van der Waals surface area contributed by atoms with E-state index in [1.165, 1.54) is 13.0 Å². The zero-order valence-electron chi connectivity index (χ0n) is 14.8. The van der Waals surface area contributed by atoms with Crippen LogP contribution in [0, 0.1) is 6.92 Å². The quantitative estimate of drug-likeness (QED) is 0.662. The Morgan fingerprint density at radius 1 is 1.37 bits per heavy atom. The first-order valence-electron chi connectivity index (χ1n) is 8.25. The number of aliphatic hydroxyl groups excluding tert-OH is 1. The topological polar surface area (TPSA) is 117 Å². The molecule has 0 spiro atoms. The molecule has 0 bridgehead atoms. The molecular formula is C16H20F2N2O7. The van der Waals surface area contributed by atoms with Crippen molar-refractivity contribution in [2.45, 2.75) is 51.0 Å². The lowest BCUT2D eigenvalue weighted by Gasteiger charge is -2.20. The number of rotatable bonds is 7. The monoisotopic (exact) mass is 390 g/mol. The van der Waals surface area contributed by atoms with E-state index in [1.54, 1.807) is 6.92 Å². The molecule has 1 aliphatic heterocycles. The third-order valence-corrected chi connectivity index (χ3v) is 3.82. The van der Waals surface area contributed by atoms with Gasteiger partial charge in [0.25, 0.3) is 0 Å². The smallest absolute Gasteiger partial charge is 0.350 e. The summed E-state index contributed by atoms with van der Waals surface area (Å²) < 4.78 is 43.6. The minimum absolute atomic E-state index is 0.130. The highest BCUT2D eigenvalue weighted by Gasteiger charge is 2.60. The molecule has 150 valence electrons. The van der Waals surface area contributed by atoms with Crippen molar-refractivity contribution in [3.8, 4) is 0 Å². The molecule has 1 aromatic heterocycles. The lowest BCUT2D eigenvalue weighted by molar-refractivity contribution is -0.162. The summed E-state index contributed by atoms with van der Waals surface area (Å²) >= 11 is 0. The number of hydrogen-bond donors (Lipinski definition) is 1. The average Bonchev–Trinajstić information content (AvgIpc) is 2.82. The summed E-state index contributed by atoms with van der Waals surface area (Å²) in [5.74, 6) is -5.38. The number of hydrogen-bond acceptors (Lipinski definition) is 8. The maximum absolute atomic E-state index is 14.3. The van der Waals surface area contributed by atoms with E-state index in [4.69, 9.17) is 9.47 Å². The normalized spacial score (nSPS) is 23.8. The summed E-state index contributed by atoms with van der Waals surface area (Å²) in [5, 5.41) is 9.81. The lowest BCUT2D eigenvalue weighted by atomic mass is 10.1. The van der Waals surface area contributed by atoms with Crippen LogP contribution in [-0.4, -0.2) is 57.9 Å². The van der Waals surface area contributed by atoms with Gasteiger partial charge in [-0.3, -0.25) is 9.36 Å². The van der Waals surface area contributed by atoms with Crippen molar-refractivity contribution in [2.24, 2.45) is 0 Å². The third kappa shape index (κ3) is 4.86. The van der Waals surface area contributed by atoms with Crippen LogP contribution in [0.5, 0.6) is 0 Å². The first kappa shape index (κ1) is 20.9. The van der Waals surface area contributed by atoms with Gasteiger partial charge in [-0.2, -0.15) is 13.8 Å². The van der Waals surface area contributed by atoms with Gasteiger partial charge in [0, 0.05) is 18.3 Å². The van der Waals surface area contributed by atoms with Crippen molar-refractivity contribution < 1.29 is 37.7 Å². The molecule has 27 heavy (non-hydrogen) atoms. The van der Waals surface area contributed by atoms with Gasteiger partial charge in [-0.25, -0.2) is 9.59 Å². The van der Waals surface area contributed by atoms with Gasteiger partial charge >= 0.3 is 23.6 Å². The molecule has 1 N–H and O–H groups in total. The van der Waals surface area contributed by atoms with Crippen LogP contribution in [0.3, 0.4) is 0 Å². The maximum Gasteiger partial charge on any atom is 0.350 e. The Labute approximate surface area is 152 Å². The fourth-order valence-corrected chi connectivity index (χ4v) is 2.41. The van der Waals surface area contributed by atoms with Crippen molar-refractivity contribution in [3.05, 3.63) is 28.4 Å². The Morgan fingerprint density at radius 2 is 2.07 bits per heavy atom. The first-order valence-corrected chi connectivity index (χ1v) is 8.25. The molecule has 1 saturated heterocycles. The molecule has 3 atom stereocenters. The van der Waals surface area contributed by atoms with Gasteiger partial charge in [0.15, 0.2) is 12.7 Å². The number of carbonyl (C=O) groups is 2. The standard InChI is InChI=1S/C16H20F2N2O7/c1-3-4-11(21)26-8-12(22)25-7-10-13(23)16(17,18)14(27-10)20-6-5-9(2)19-15(20)24/h5-6,10,13-14,23H,3-4,7-8H2,1-2H3/t10?,13-,14-/m1/s1. The van der Waals surface area contributed by atoms with Gasteiger partial charge in [-0.05, 0) is 19.4 Å². The molecule has 1 fully saturated rings. The van der Waals surface area contributed by atoms with E-state index < -0.39 is 55.2 Å². The van der Waals surface area contributed by atoms with E-state index in [2.05, 4.69) is 9.72 Å². The summed E-state index contributed by atoms with van der Waals surface area (Å²) in [6.45, 7) is 1.89. The molecule has 1 aliphatic rings. The first-order chi connectivity index (χ1) is 12.7. The van der Waals surface area contributed by atoms with Gasteiger partial charge in [-0.1, -0.05) is 6.92 Å². The van der Waals surface area contributed by atoms with Crippen LogP contribution < -0.4 is 5.69 Å². The second kappa shape index (κ2) is 8.53. The zero-order chi connectivity index (χ0) is 20.2. The molecule has 2 rings (SSSR count). The number of aromatic nitrogens is 2. The van der Waals surface area contributed by atoms with Crippen LogP contribution in [0.15, 0.2) is 17.1 Å². The second-order valence-electron chi connectivity index (χ2n) is 6.00. The molecule has 9 nitrogen and oxygen atoms in total. The number of alkyl halides is 2. The maximum atomic E-state index is 14.3. The van der Waals surface area contributed by atoms with Crippen LogP contribution >= 0.6 is 0 Å². The summed E-state index contributed by atoms with van der Waals surface area (Å²) in [5.41, 5.74) is -0.631. The fraction of sp³-hybridized carbons (Fsp3) is 0.625. The number of halogens is 2. The number of ether oxygens (including phenoxy) is 3. The van der Waals surface area contributed by atoms with E-state index in [-0.39, 0.29) is 6.42 Å². The zero-order valence-corrected chi connectivity index (χ0v) is 14.8. The predicted molar refractivity (Wildman–Crippen MR) is 84.9 cm³/mol. The van der Waals surface area contributed by atoms with Crippen molar-refractivity contribution in [1.29, 1.82) is 0 Å². The highest BCUT2D eigenvalue weighted by Crippen LogP contribution is 2.42. The van der Waals surface area contributed by atoms with Gasteiger partial charge in [0.05, 0.1) is 0 Å². The summed E-state index contributed by atoms with van der Waals surface area (Å²) in [4.78, 5) is 38.1. The minimum atomic E-state index is -3.81. The number of esters is 2. The van der Waals surface area contributed by atoms with Crippen LogP contribution in [0.2, 0.25) is 0 Å². The van der Waals surface area contributed by atoms with E-state index in [0.29, 0.717) is 16.7 Å². The van der Waals surface area contributed by atoms with E-state index >= 15 is 0 Å². The largest absolute Gasteiger partial charge is 0.460 e. The summed E-state index contributed by atoms with van der Waals surface area (Å²) in [7, 11) is 0. The SMILES string of the molecule is CCCC(=O)OCC(=O)OCC1O[C@@H](n2ccc(C)nc2=O)C(F)(F)[C@@H]1O. The van der Waals surface area contributed by atoms with E-state index in [1.807, 2.05) is 0 Å². The molecule has 0 saturated carbocycles. The van der Waals surface area contributed by atoms with Crippen LogP contribution in [0.1, 0.15) is 31.7 Å². The molecule has 0 radical (unpaired) electrons. The molecule has 2 heterocycles. The molecule has 11 heteroatoms. The predicted octanol–water partition coefficient (Wildman–Crippen LogP) is 0.332. The van der Waals surface area contributed by atoms with Crippen LogP contribution in [-0.2, 0) is 23.8 Å². The Kier molecular flexibility index (Phi) is 6.60. The number of carbonyl (C=O) groups excluding carboxylic acids is 2. The third-order valence-electron chi connectivity index (χ3n) is 3.82. The molecule has 1 aromatic rings. The van der Waals surface area contributed by atoms with Gasteiger partial charge in [0.2, 0.25) is 6.23 Å². The number of aliphatic hydroxyl groups is 1. The Morgan fingerprint density at radius 3 is 2.70 bits per heavy atom. The van der Waals surface area contributed by atoms with Crippen LogP contribution in [0.4, 0.5) is 8.78 Å². The second-order valence-corrected chi connectivity index (χ2v) is 6.00. The molecule has 1 unspecified atom stereocenters. The van der Waals surface area contributed by atoms with Crippen molar-refractivity contribution in [2.75, 3.05) is 13.2 Å². The summed E-state index contributed by atoms with van der Waals surface area (Å²) in [6.07, 6.45) is -4.24. The molecule has 0 aliphatic carbocycles. The van der Waals surface area contributed by atoms with Crippen molar-refractivity contribution in [3.63, 3.8) is 0 Å². The van der Waals surface area contributed by atoms with Gasteiger partial charge in [-0.15, -0.1) is 0 Å². The molecular weight excluding hydrogens is 370 g/mol. The number of nitrogens with zero attached hydrogens (tertiary/aromatic N) is 2. The fourth-order valence-electron chi connectivity index (χ4n) is 2.41. The van der Waals surface area contributed by atoms with Crippen molar-refractivity contribution >= 4 is 11.9 Å². The van der Waals surface area contributed by atoms with E-state index in [9.17, 15) is 28.3 Å². The molecule has 0 aromatic carbocycles. The number of aryl methyl sites for hydroxylation is 1. The van der Waals surface area contributed by atoms with Gasteiger partial charge in [0.1, 0.15) is 12.7 Å². The Hall–Kier alpha value is -2.40. The lowest BCUT2D eigenvalue weighted by Crippen LogP contribution is -2.42. The Balaban J connectivity index is 1.98. The van der Waals surface area contributed by atoms with Gasteiger partial charge < -0.3 is 19.3 Å². The highest BCUT2D eigenvalue weighted by molar-refractivity contribution is 5.76. The Bertz CT molecular complexity index is 753.